The fourth-order valence-corrected chi connectivity index (χ4v) is 7.23. The Morgan fingerprint density at radius 1 is 0.800 bits per heavy atom. The van der Waals surface area contributed by atoms with Crippen molar-refractivity contribution in [3.05, 3.63) is 143 Å². The van der Waals surface area contributed by atoms with E-state index >= 15 is 0 Å². The summed E-state index contributed by atoms with van der Waals surface area (Å²) in [5.41, 5.74) is 5.80. The van der Waals surface area contributed by atoms with Gasteiger partial charge in [-0.3, -0.25) is 0 Å². The maximum atomic E-state index is 8.48. The van der Waals surface area contributed by atoms with E-state index in [1.165, 1.54) is 18.3 Å². The third-order valence-corrected chi connectivity index (χ3v) is 10.5. The topological polar surface area (TPSA) is 38.9 Å². The Balaban J connectivity index is 0.000000255. The molecule has 282 valence electrons. The van der Waals surface area contributed by atoms with Crippen LogP contribution in [0, 0.1) is 49.7 Å². The van der Waals surface area contributed by atoms with Crippen molar-refractivity contribution in [1.29, 1.82) is 0 Å². The van der Waals surface area contributed by atoms with Crippen LogP contribution in [-0.4, -0.2) is 9.97 Å². The van der Waals surface area contributed by atoms with Gasteiger partial charge in [-0.1, -0.05) is 109 Å². The minimum Gasteiger partial charge on any atom is -0.510 e. The number of hydrogen-bond donors (Lipinski definition) is 0. The van der Waals surface area contributed by atoms with Gasteiger partial charge < -0.3 is 14.4 Å². The number of fused-ring (bicyclic) bond motifs is 3. The number of hydrogen-bond acceptors (Lipinski definition) is 3. The first-order valence-electron chi connectivity index (χ1n) is 24.0. The smallest absolute Gasteiger partial charge is 0.510 e. The minimum absolute atomic E-state index is 0. The predicted molar refractivity (Wildman–Crippen MR) is 226 cm³/mol. The van der Waals surface area contributed by atoms with E-state index in [2.05, 4.69) is 49.1 Å². The van der Waals surface area contributed by atoms with Crippen molar-refractivity contribution in [2.75, 3.05) is 0 Å². The standard InChI is InChI=1S/C35H34O.C16H19N2.Ir/c1-23-13-14-25(28-10-8-11-30-29-9-6-7-12-32(29)36-33(28)30)22-31(23)27-16-15-26(21-24(27)2)35(5)19-17-34(3,4)18-20-35;1-12-5-7-14(11-17-12)15-8-6-13(10-18-15)9-16(2,3)4;/h6-9,11-13,15-16,21-22H,17-20H2,1-5H3;5-8,10H,9H2,1-4H3;/q-2;-1;+3/i1D3,2D3;1D3,9D2;. The number of pyridine rings is 2. The quantitative estimate of drug-likeness (QED) is 0.162. The minimum atomic E-state index is -2.47. The Hall–Kier alpha value is -4.37. The van der Waals surface area contributed by atoms with E-state index in [0.717, 1.165) is 47.6 Å². The van der Waals surface area contributed by atoms with Crippen LogP contribution in [-0.2, 0) is 31.9 Å². The molecule has 3 aromatic heterocycles. The molecule has 3 heterocycles. The molecule has 0 aliphatic heterocycles. The van der Waals surface area contributed by atoms with Gasteiger partial charge in [0, 0.05) is 32.2 Å². The fraction of sp³-hybridized carbons (Fsp3) is 0.333. The van der Waals surface area contributed by atoms with Crippen molar-refractivity contribution in [3.63, 3.8) is 0 Å². The van der Waals surface area contributed by atoms with Gasteiger partial charge in [0.25, 0.3) is 0 Å². The van der Waals surface area contributed by atoms with Crippen molar-refractivity contribution in [1.82, 2.24) is 9.97 Å². The zero-order valence-corrected chi connectivity index (χ0v) is 34.6. The summed E-state index contributed by atoms with van der Waals surface area (Å²) in [7, 11) is 0. The summed E-state index contributed by atoms with van der Waals surface area (Å²) in [5.74, 6) is 0. The van der Waals surface area contributed by atoms with E-state index in [-0.39, 0.29) is 47.8 Å². The van der Waals surface area contributed by atoms with Crippen molar-refractivity contribution in [2.45, 2.75) is 99.6 Å². The van der Waals surface area contributed by atoms with Gasteiger partial charge in [0.05, 0.1) is 0 Å². The molecular formula is C51H53IrN2O. The number of furan rings is 1. The molecule has 1 aliphatic carbocycles. The Morgan fingerprint density at radius 2 is 1.60 bits per heavy atom. The Morgan fingerprint density at radius 3 is 2.29 bits per heavy atom. The molecule has 0 spiro atoms. The van der Waals surface area contributed by atoms with E-state index in [9.17, 15) is 0 Å². The molecule has 4 heteroatoms. The van der Waals surface area contributed by atoms with Gasteiger partial charge in [-0.05, 0) is 101 Å². The zero-order chi connectivity index (χ0) is 47.5. The third-order valence-electron chi connectivity index (χ3n) is 10.5. The first kappa shape index (κ1) is 28.1. The first-order chi connectivity index (χ1) is 30.1. The van der Waals surface area contributed by atoms with Gasteiger partial charge in [-0.25, -0.2) is 5.56 Å². The van der Waals surface area contributed by atoms with E-state index in [4.69, 9.17) is 19.5 Å². The summed E-state index contributed by atoms with van der Waals surface area (Å²) in [6.07, 6.45) is 6.77. The van der Waals surface area contributed by atoms with Crippen molar-refractivity contribution < 1.29 is 39.6 Å². The number of benzene rings is 4. The van der Waals surface area contributed by atoms with Crippen LogP contribution in [0.5, 0.6) is 0 Å². The van der Waals surface area contributed by atoms with Gasteiger partial charge in [0.15, 0.2) is 0 Å². The molecule has 55 heavy (non-hydrogen) atoms. The number of para-hydroxylation sites is 1. The average Bonchev–Trinajstić information content (AvgIpc) is 3.62. The second kappa shape index (κ2) is 16.0. The maximum Gasteiger partial charge on any atom is 3.00 e. The van der Waals surface area contributed by atoms with Crippen LogP contribution in [0.4, 0.5) is 0 Å². The molecule has 0 N–H and O–H groups in total. The second-order valence-electron chi connectivity index (χ2n) is 16.5. The Bertz CT molecular complexity index is 2820. The summed E-state index contributed by atoms with van der Waals surface area (Å²) in [6, 6.07) is 33.2. The van der Waals surface area contributed by atoms with Crippen molar-refractivity contribution in [3.8, 4) is 33.5 Å². The van der Waals surface area contributed by atoms with E-state index in [1.54, 1.807) is 30.3 Å². The van der Waals surface area contributed by atoms with E-state index < -0.39 is 32.3 Å². The molecule has 0 atom stereocenters. The van der Waals surface area contributed by atoms with E-state index in [1.807, 2.05) is 69.3 Å². The van der Waals surface area contributed by atoms with Crippen molar-refractivity contribution in [2.24, 2.45) is 10.8 Å². The molecule has 0 bridgehead atoms. The number of aromatic nitrogens is 2. The number of rotatable bonds is 5. The Labute approximate surface area is 357 Å². The maximum absolute atomic E-state index is 8.48. The molecule has 8 rings (SSSR count). The van der Waals surface area contributed by atoms with Crippen LogP contribution in [0.2, 0.25) is 0 Å². The summed E-state index contributed by atoms with van der Waals surface area (Å²) < 4.78 is 94.9. The molecule has 3 nitrogen and oxygen atoms in total. The van der Waals surface area contributed by atoms with Crippen LogP contribution in [0.3, 0.4) is 0 Å². The van der Waals surface area contributed by atoms with Gasteiger partial charge in [-0.15, -0.1) is 34.9 Å². The normalized spacial score (nSPS) is 18.8. The van der Waals surface area contributed by atoms with Crippen LogP contribution >= 0.6 is 0 Å². The Kier molecular flexibility index (Phi) is 8.17. The monoisotopic (exact) mass is 913 g/mol. The molecule has 4 aromatic carbocycles. The molecule has 1 aliphatic rings. The van der Waals surface area contributed by atoms with Gasteiger partial charge in [-0.2, -0.15) is 35.9 Å². The average molecular weight is 913 g/mol. The molecule has 0 radical (unpaired) electrons. The molecule has 1 saturated carbocycles. The largest absolute Gasteiger partial charge is 3.00 e. The molecule has 0 unspecified atom stereocenters. The van der Waals surface area contributed by atoms with Crippen molar-refractivity contribution >= 4 is 21.9 Å². The van der Waals surface area contributed by atoms with Crippen LogP contribution in [0.15, 0.2) is 102 Å². The molecular weight excluding hydrogens is 849 g/mol. The fourth-order valence-electron chi connectivity index (χ4n) is 7.23. The van der Waals surface area contributed by atoms with Crippen LogP contribution in [0.25, 0.3) is 55.4 Å². The predicted octanol–water partition coefficient (Wildman–Crippen LogP) is 13.8. The number of aryl methyl sites for hydroxylation is 3. The van der Waals surface area contributed by atoms with E-state index in [0.29, 0.717) is 44.7 Å². The second-order valence-corrected chi connectivity index (χ2v) is 16.5. The van der Waals surface area contributed by atoms with Crippen LogP contribution in [0.1, 0.15) is 110 Å². The summed E-state index contributed by atoms with van der Waals surface area (Å²) in [5, 5.41) is 1.90. The summed E-state index contributed by atoms with van der Waals surface area (Å²) in [4.78, 5) is 8.10. The molecule has 1 fully saturated rings. The SMILES string of the molecule is [2H]C([2H])([2H])c1c[c-]c(-c2[c-]ccc3c2oc2ccccc23)cc1-c1ccc(C2(C)CCC(C)(C)CC2)cc1C([2H])([2H])[2H].[2H]C([2H])([2H])c1ccc(-c2ccc(C([2H])([2H])C(C)(C)C)cn2)[c-]n1.[Ir+3]. The van der Waals surface area contributed by atoms with Crippen LogP contribution < -0.4 is 0 Å². The summed E-state index contributed by atoms with van der Waals surface area (Å²) >= 11 is 0. The molecule has 0 saturated heterocycles. The molecule has 0 amide bonds. The summed E-state index contributed by atoms with van der Waals surface area (Å²) in [6.45, 7) is 5.14. The van der Waals surface area contributed by atoms with Gasteiger partial charge in [0.2, 0.25) is 0 Å². The first-order valence-corrected chi connectivity index (χ1v) is 18.5. The zero-order valence-electron chi connectivity index (χ0n) is 43.2. The third kappa shape index (κ3) is 9.04. The number of nitrogens with zero attached hydrogens (tertiary/aromatic N) is 2. The van der Waals surface area contributed by atoms with Gasteiger partial charge in [0.1, 0.15) is 5.58 Å². The molecule has 7 aromatic rings. The van der Waals surface area contributed by atoms with Gasteiger partial charge >= 0.3 is 20.1 Å².